The van der Waals surface area contributed by atoms with E-state index < -0.39 is 5.91 Å². The van der Waals surface area contributed by atoms with Gasteiger partial charge in [-0.3, -0.25) is 30.1 Å². The Kier molecular flexibility index (Phi) is 5.75. The van der Waals surface area contributed by atoms with E-state index >= 15 is 0 Å². The lowest BCUT2D eigenvalue weighted by atomic mass is 10.1. The molecule has 0 saturated carbocycles. The Bertz CT molecular complexity index is 878. The van der Waals surface area contributed by atoms with Gasteiger partial charge in [0.15, 0.2) is 6.61 Å². The zero-order valence-electron chi connectivity index (χ0n) is 15.2. The summed E-state index contributed by atoms with van der Waals surface area (Å²) >= 11 is 1.40. The minimum absolute atomic E-state index is 0.120. The van der Waals surface area contributed by atoms with Crippen LogP contribution in [-0.2, 0) is 16.0 Å². The number of fused-ring (bicyclic) bond motifs is 1. The van der Waals surface area contributed by atoms with Crippen molar-refractivity contribution in [1.82, 2.24) is 10.9 Å². The first kappa shape index (κ1) is 18.9. The number of nitrogens with one attached hydrogen (secondary N) is 2. The zero-order chi connectivity index (χ0) is 19.4. The number of hydrogen-bond acceptors (Lipinski definition) is 5. The van der Waals surface area contributed by atoms with Crippen LogP contribution < -0.4 is 20.5 Å². The van der Waals surface area contributed by atoms with Crippen molar-refractivity contribution in [3.8, 4) is 5.75 Å². The van der Waals surface area contributed by atoms with E-state index in [4.69, 9.17) is 4.74 Å². The number of anilines is 1. The standard InChI is InChI=1S/C19H21N3O4S/c1-3-6-13-9-16(27-12(13)2)19(25)21-20-17(23)10-22-14-7-4-5-8-15(14)26-11-18(22)24/h4-5,7-9H,3,6,10-11H2,1-2H3,(H,20,23)(H,21,25). The Morgan fingerprint density at radius 3 is 2.81 bits per heavy atom. The summed E-state index contributed by atoms with van der Waals surface area (Å²) in [5.41, 5.74) is 6.47. The molecule has 1 aliphatic rings. The molecule has 0 atom stereocenters. The molecule has 1 aromatic heterocycles. The highest BCUT2D eigenvalue weighted by atomic mass is 32.1. The second kappa shape index (κ2) is 8.22. The lowest BCUT2D eigenvalue weighted by Crippen LogP contribution is -2.49. The number of rotatable bonds is 5. The Morgan fingerprint density at radius 2 is 2.04 bits per heavy atom. The van der Waals surface area contributed by atoms with Crippen LogP contribution in [0.25, 0.3) is 0 Å². The summed E-state index contributed by atoms with van der Waals surface area (Å²) in [7, 11) is 0. The molecule has 2 heterocycles. The molecule has 0 unspecified atom stereocenters. The number of carbonyl (C=O) groups excluding carboxylic acids is 3. The number of amides is 3. The predicted molar refractivity (Wildman–Crippen MR) is 103 cm³/mol. The second-order valence-corrected chi connectivity index (χ2v) is 7.44. The quantitative estimate of drug-likeness (QED) is 0.770. The largest absolute Gasteiger partial charge is 0.482 e. The van der Waals surface area contributed by atoms with Gasteiger partial charge in [0, 0.05) is 4.88 Å². The average Bonchev–Trinajstić information content (AvgIpc) is 3.03. The molecule has 0 radical (unpaired) electrons. The molecule has 2 N–H and O–H groups in total. The predicted octanol–water partition coefficient (Wildman–Crippen LogP) is 2.20. The van der Waals surface area contributed by atoms with Crippen molar-refractivity contribution in [2.75, 3.05) is 18.1 Å². The number of para-hydroxylation sites is 2. The molecule has 142 valence electrons. The van der Waals surface area contributed by atoms with Crippen molar-refractivity contribution in [3.05, 3.63) is 45.6 Å². The first-order valence-corrected chi connectivity index (χ1v) is 9.52. The highest BCUT2D eigenvalue weighted by molar-refractivity contribution is 7.14. The van der Waals surface area contributed by atoms with Crippen molar-refractivity contribution in [3.63, 3.8) is 0 Å². The molecule has 0 saturated heterocycles. The minimum atomic E-state index is -0.490. The number of nitrogens with zero attached hydrogens (tertiary/aromatic N) is 1. The van der Waals surface area contributed by atoms with Crippen molar-refractivity contribution < 1.29 is 19.1 Å². The zero-order valence-corrected chi connectivity index (χ0v) is 16.0. The Labute approximate surface area is 161 Å². The third-order valence-electron chi connectivity index (χ3n) is 4.19. The van der Waals surface area contributed by atoms with Crippen LogP contribution in [0.3, 0.4) is 0 Å². The first-order chi connectivity index (χ1) is 13.0. The summed E-state index contributed by atoms with van der Waals surface area (Å²) in [5.74, 6) is -0.623. The van der Waals surface area contributed by atoms with Gasteiger partial charge >= 0.3 is 0 Å². The molecule has 0 fully saturated rings. The molecular weight excluding hydrogens is 366 g/mol. The van der Waals surface area contributed by atoms with Crippen molar-refractivity contribution in [2.45, 2.75) is 26.7 Å². The van der Waals surface area contributed by atoms with Crippen molar-refractivity contribution in [1.29, 1.82) is 0 Å². The van der Waals surface area contributed by atoms with Gasteiger partial charge in [-0.2, -0.15) is 0 Å². The van der Waals surface area contributed by atoms with Crippen LogP contribution in [0.4, 0.5) is 5.69 Å². The number of ether oxygens (including phenoxy) is 1. The van der Waals surface area contributed by atoms with Crippen LogP contribution in [0.2, 0.25) is 0 Å². The third-order valence-corrected chi connectivity index (χ3v) is 5.28. The maximum atomic E-state index is 12.3. The number of thiophene rings is 1. The van der Waals surface area contributed by atoms with Crippen molar-refractivity contribution in [2.24, 2.45) is 0 Å². The molecule has 0 bridgehead atoms. The van der Waals surface area contributed by atoms with E-state index in [0.29, 0.717) is 16.3 Å². The highest BCUT2D eigenvalue weighted by Gasteiger charge is 2.27. The van der Waals surface area contributed by atoms with Gasteiger partial charge in [0.2, 0.25) is 0 Å². The summed E-state index contributed by atoms with van der Waals surface area (Å²) in [6.07, 6.45) is 1.92. The van der Waals surface area contributed by atoms with E-state index in [1.165, 1.54) is 16.2 Å². The van der Waals surface area contributed by atoms with E-state index in [9.17, 15) is 14.4 Å². The SMILES string of the molecule is CCCc1cc(C(=O)NNC(=O)CN2C(=O)COc3ccccc32)sc1C. The molecule has 3 amide bonds. The highest BCUT2D eigenvalue weighted by Crippen LogP contribution is 2.31. The van der Waals surface area contributed by atoms with E-state index in [-0.39, 0.29) is 25.0 Å². The molecule has 0 aliphatic carbocycles. The molecule has 1 aromatic carbocycles. The molecule has 27 heavy (non-hydrogen) atoms. The fourth-order valence-electron chi connectivity index (χ4n) is 2.85. The van der Waals surface area contributed by atoms with Gasteiger partial charge in [-0.15, -0.1) is 11.3 Å². The number of carbonyl (C=O) groups is 3. The van der Waals surface area contributed by atoms with E-state index in [2.05, 4.69) is 17.8 Å². The summed E-state index contributed by atoms with van der Waals surface area (Å²) < 4.78 is 5.35. The van der Waals surface area contributed by atoms with Crippen LogP contribution in [0.15, 0.2) is 30.3 Å². The smallest absolute Gasteiger partial charge is 0.279 e. The summed E-state index contributed by atoms with van der Waals surface area (Å²) in [6, 6.07) is 8.86. The van der Waals surface area contributed by atoms with Crippen LogP contribution in [0.1, 0.15) is 33.5 Å². The van der Waals surface area contributed by atoms with Gasteiger partial charge in [0.25, 0.3) is 17.7 Å². The number of benzene rings is 1. The first-order valence-electron chi connectivity index (χ1n) is 8.70. The number of aryl methyl sites for hydroxylation is 2. The van der Waals surface area contributed by atoms with Crippen LogP contribution >= 0.6 is 11.3 Å². The lowest BCUT2D eigenvalue weighted by Gasteiger charge is -2.28. The van der Waals surface area contributed by atoms with Gasteiger partial charge in [-0.1, -0.05) is 25.5 Å². The second-order valence-electron chi connectivity index (χ2n) is 6.18. The van der Waals surface area contributed by atoms with Crippen LogP contribution in [0, 0.1) is 6.92 Å². The Hall–Kier alpha value is -2.87. The normalized spacial score (nSPS) is 13.0. The van der Waals surface area contributed by atoms with E-state index in [1.54, 1.807) is 24.3 Å². The van der Waals surface area contributed by atoms with Gasteiger partial charge in [0.1, 0.15) is 12.3 Å². The van der Waals surface area contributed by atoms with Gasteiger partial charge in [0.05, 0.1) is 10.6 Å². The summed E-state index contributed by atoms with van der Waals surface area (Å²) in [5, 5.41) is 0. The summed E-state index contributed by atoms with van der Waals surface area (Å²) in [4.78, 5) is 39.6. The molecule has 7 nitrogen and oxygen atoms in total. The fourth-order valence-corrected chi connectivity index (χ4v) is 3.81. The molecular formula is C19H21N3O4S. The number of hydrazine groups is 1. The van der Waals surface area contributed by atoms with Gasteiger partial charge in [-0.25, -0.2) is 0 Å². The fraction of sp³-hybridized carbons (Fsp3) is 0.316. The Balaban J connectivity index is 1.59. The third kappa shape index (κ3) is 4.28. The Morgan fingerprint density at radius 1 is 1.26 bits per heavy atom. The molecule has 0 spiro atoms. The van der Waals surface area contributed by atoms with E-state index in [0.717, 1.165) is 23.3 Å². The van der Waals surface area contributed by atoms with Gasteiger partial charge < -0.3 is 4.74 Å². The topological polar surface area (TPSA) is 87.7 Å². The minimum Gasteiger partial charge on any atom is -0.482 e. The molecule has 8 heteroatoms. The van der Waals surface area contributed by atoms with E-state index in [1.807, 2.05) is 13.0 Å². The van der Waals surface area contributed by atoms with Crippen LogP contribution in [0.5, 0.6) is 5.75 Å². The van der Waals surface area contributed by atoms with Crippen molar-refractivity contribution >= 4 is 34.7 Å². The molecule has 2 aromatic rings. The number of hydrogen-bond donors (Lipinski definition) is 2. The molecule has 3 rings (SSSR count). The maximum Gasteiger partial charge on any atom is 0.279 e. The molecule has 1 aliphatic heterocycles. The average molecular weight is 387 g/mol. The summed E-state index contributed by atoms with van der Waals surface area (Å²) in [6.45, 7) is 3.74. The monoisotopic (exact) mass is 387 g/mol. The van der Waals surface area contributed by atoms with Gasteiger partial charge in [-0.05, 0) is 37.1 Å². The van der Waals surface area contributed by atoms with Crippen LogP contribution in [-0.4, -0.2) is 30.9 Å². The maximum absolute atomic E-state index is 12.3. The lowest BCUT2D eigenvalue weighted by molar-refractivity contribution is -0.125.